The highest BCUT2D eigenvalue weighted by molar-refractivity contribution is 4.91. The fraction of sp³-hybridized carbons (Fsp3) is 1.00. The number of rotatable bonds is 7. The Labute approximate surface area is 99.5 Å². The van der Waals surface area contributed by atoms with Crippen LogP contribution in [0.2, 0.25) is 0 Å². The van der Waals surface area contributed by atoms with E-state index < -0.39 is 0 Å². The first-order valence-corrected chi connectivity index (χ1v) is 6.82. The lowest BCUT2D eigenvalue weighted by Gasteiger charge is -2.27. The van der Waals surface area contributed by atoms with Crippen LogP contribution in [0.5, 0.6) is 0 Å². The molecule has 1 N–H and O–H groups in total. The Morgan fingerprint density at radius 3 is 2.75 bits per heavy atom. The average Bonchev–Trinajstić information content (AvgIpc) is 2.95. The van der Waals surface area contributed by atoms with E-state index in [9.17, 15) is 0 Å². The van der Waals surface area contributed by atoms with Gasteiger partial charge in [-0.2, -0.15) is 0 Å². The first-order valence-electron chi connectivity index (χ1n) is 6.82. The fourth-order valence-corrected chi connectivity index (χ4v) is 2.74. The van der Waals surface area contributed by atoms with Crippen molar-refractivity contribution in [3.05, 3.63) is 0 Å². The molecule has 3 nitrogen and oxygen atoms in total. The highest BCUT2D eigenvalue weighted by Crippen LogP contribution is 2.23. The number of ether oxygens (including phenoxy) is 1. The van der Waals surface area contributed by atoms with Crippen molar-refractivity contribution in [1.82, 2.24) is 10.2 Å². The minimum atomic E-state index is 0.640. The van der Waals surface area contributed by atoms with Gasteiger partial charge in [0.25, 0.3) is 0 Å². The Bertz CT molecular complexity index is 200. The SMILES string of the molecule is CCCC(COC)N1CCC(NC2CC2)C1. The molecule has 0 spiro atoms. The summed E-state index contributed by atoms with van der Waals surface area (Å²) in [7, 11) is 1.82. The van der Waals surface area contributed by atoms with Crippen molar-refractivity contribution in [2.24, 2.45) is 0 Å². The largest absolute Gasteiger partial charge is 0.383 e. The summed E-state index contributed by atoms with van der Waals surface area (Å²) in [5.41, 5.74) is 0. The molecule has 0 amide bonds. The minimum absolute atomic E-state index is 0.640. The molecule has 94 valence electrons. The predicted molar refractivity (Wildman–Crippen MR) is 66.7 cm³/mol. The molecule has 2 atom stereocenters. The highest BCUT2D eigenvalue weighted by Gasteiger charge is 2.31. The molecule has 3 heteroatoms. The van der Waals surface area contributed by atoms with Crippen molar-refractivity contribution in [2.75, 3.05) is 26.8 Å². The van der Waals surface area contributed by atoms with Crippen LogP contribution < -0.4 is 5.32 Å². The van der Waals surface area contributed by atoms with Gasteiger partial charge in [0, 0.05) is 38.3 Å². The number of hydrogen-bond acceptors (Lipinski definition) is 3. The Morgan fingerprint density at radius 2 is 2.12 bits per heavy atom. The molecule has 1 aliphatic heterocycles. The van der Waals surface area contributed by atoms with Gasteiger partial charge in [-0.25, -0.2) is 0 Å². The minimum Gasteiger partial charge on any atom is -0.383 e. The van der Waals surface area contributed by atoms with Crippen molar-refractivity contribution < 1.29 is 4.74 Å². The van der Waals surface area contributed by atoms with Crippen LogP contribution >= 0.6 is 0 Å². The van der Waals surface area contributed by atoms with Crippen molar-refractivity contribution >= 4 is 0 Å². The van der Waals surface area contributed by atoms with Gasteiger partial charge >= 0.3 is 0 Å². The maximum Gasteiger partial charge on any atom is 0.0618 e. The zero-order valence-electron chi connectivity index (χ0n) is 10.7. The zero-order chi connectivity index (χ0) is 11.4. The molecule has 2 rings (SSSR count). The van der Waals surface area contributed by atoms with Crippen molar-refractivity contribution in [3.63, 3.8) is 0 Å². The van der Waals surface area contributed by atoms with E-state index in [0.717, 1.165) is 18.7 Å². The summed E-state index contributed by atoms with van der Waals surface area (Å²) in [6, 6.07) is 2.22. The van der Waals surface area contributed by atoms with E-state index in [1.807, 2.05) is 7.11 Å². The second-order valence-electron chi connectivity index (χ2n) is 5.32. The molecule has 1 saturated heterocycles. The zero-order valence-corrected chi connectivity index (χ0v) is 10.7. The molecule has 0 aromatic heterocycles. The Kier molecular flexibility index (Phi) is 4.62. The van der Waals surface area contributed by atoms with Gasteiger partial charge < -0.3 is 10.1 Å². The molecule has 0 aromatic carbocycles. The maximum atomic E-state index is 5.34. The van der Waals surface area contributed by atoms with Gasteiger partial charge in [-0.3, -0.25) is 4.90 Å². The molecular formula is C13H26N2O. The Hall–Kier alpha value is -0.120. The van der Waals surface area contributed by atoms with Crippen LogP contribution in [0.25, 0.3) is 0 Å². The van der Waals surface area contributed by atoms with Gasteiger partial charge in [0.15, 0.2) is 0 Å². The quantitative estimate of drug-likeness (QED) is 0.714. The standard InChI is InChI=1S/C13H26N2O/c1-3-4-13(10-16-2)15-8-7-12(9-15)14-11-5-6-11/h11-14H,3-10H2,1-2H3. The van der Waals surface area contributed by atoms with Crippen LogP contribution in [-0.2, 0) is 4.74 Å². The first-order chi connectivity index (χ1) is 7.83. The van der Waals surface area contributed by atoms with Gasteiger partial charge in [0.1, 0.15) is 0 Å². The first kappa shape index (κ1) is 12.3. The van der Waals surface area contributed by atoms with Crippen LogP contribution in [0.1, 0.15) is 39.0 Å². The van der Waals surface area contributed by atoms with E-state index in [4.69, 9.17) is 4.74 Å². The van der Waals surface area contributed by atoms with E-state index in [0.29, 0.717) is 6.04 Å². The molecule has 2 aliphatic rings. The summed E-state index contributed by atoms with van der Waals surface area (Å²) in [5.74, 6) is 0. The summed E-state index contributed by atoms with van der Waals surface area (Å²) < 4.78 is 5.34. The summed E-state index contributed by atoms with van der Waals surface area (Å²) >= 11 is 0. The van der Waals surface area contributed by atoms with Gasteiger partial charge in [0.2, 0.25) is 0 Å². The lowest BCUT2D eigenvalue weighted by atomic mass is 10.1. The molecular weight excluding hydrogens is 200 g/mol. The second kappa shape index (κ2) is 5.99. The number of nitrogens with zero attached hydrogens (tertiary/aromatic N) is 1. The van der Waals surface area contributed by atoms with Crippen molar-refractivity contribution in [1.29, 1.82) is 0 Å². The smallest absolute Gasteiger partial charge is 0.0618 e. The molecule has 16 heavy (non-hydrogen) atoms. The third kappa shape index (κ3) is 3.44. The van der Waals surface area contributed by atoms with E-state index >= 15 is 0 Å². The molecule has 0 radical (unpaired) electrons. The molecule has 0 aromatic rings. The van der Waals surface area contributed by atoms with Crippen LogP contribution in [0.3, 0.4) is 0 Å². The van der Waals surface area contributed by atoms with Crippen LogP contribution in [0.15, 0.2) is 0 Å². The normalized spacial score (nSPS) is 28.5. The average molecular weight is 226 g/mol. The lowest BCUT2D eigenvalue weighted by molar-refractivity contribution is 0.0981. The van der Waals surface area contributed by atoms with E-state index in [-0.39, 0.29) is 0 Å². The fourth-order valence-electron chi connectivity index (χ4n) is 2.74. The third-order valence-electron chi connectivity index (χ3n) is 3.77. The summed E-state index contributed by atoms with van der Waals surface area (Å²) in [5, 5.41) is 3.74. The molecule has 2 fully saturated rings. The van der Waals surface area contributed by atoms with Crippen LogP contribution in [-0.4, -0.2) is 49.8 Å². The summed E-state index contributed by atoms with van der Waals surface area (Å²) in [6.07, 6.45) is 6.63. The van der Waals surface area contributed by atoms with Crippen molar-refractivity contribution in [2.45, 2.75) is 57.2 Å². The molecule has 0 bridgehead atoms. The van der Waals surface area contributed by atoms with Crippen molar-refractivity contribution in [3.8, 4) is 0 Å². The number of likely N-dealkylation sites (tertiary alicyclic amines) is 1. The van der Waals surface area contributed by atoms with E-state index in [1.165, 1.54) is 45.2 Å². The predicted octanol–water partition coefficient (Wildman–Crippen LogP) is 1.63. The summed E-state index contributed by atoms with van der Waals surface area (Å²) in [6.45, 7) is 5.63. The lowest BCUT2D eigenvalue weighted by Crippen LogP contribution is -2.40. The molecule has 1 saturated carbocycles. The Balaban J connectivity index is 1.74. The van der Waals surface area contributed by atoms with Gasteiger partial charge in [0.05, 0.1) is 6.61 Å². The van der Waals surface area contributed by atoms with Gasteiger partial charge in [-0.1, -0.05) is 13.3 Å². The monoisotopic (exact) mass is 226 g/mol. The van der Waals surface area contributed by atoms with Crippen LogP contribution in [0.4, 0.5) is 0 Å². The summed E-state index contributed by atoms with van der Waals surface area (Å²) in [4.78, 5) is 2.62. The van der Waals surface area contributed by atoms with Crippen LogP contribution in [0, 0.1) is 0 Å². The number of methoxy groups -OCH3 is 1. The number of hydrogen-bond donors (Lipinski definition) is 1. The highest BCUT2D eigenvalue weighted by atomic mass is 16.5. The second-order valence-corrected chi connectivity index (χ2v) is 5.32. The van der Waals surface area contributed by atoms with Gasteiger partial charge in [-0.15, -0.1) is 0 Å². The molecule has 1 aliphatic carbocycles. The van der Waals surface area contributed by atoms with E-state index in [1.54, 1.807) is 0 Å². The Morgan fingerprint density at radius 1 is 1.31 bits per heavy atom. The van der Waals surface area contributed by atoms with E-state index in [2.05, 4.69) is 17.1 Å². The molecule has 1 heterocycles. The van der Waals surface area contributed by atoms with Gasteiger partial charge in [-0.05, 0) is 25.7 Å². The number of nitrogens with one attached hydrogen (secondary N) is 1. The topological polar surface area (TPSA) is 24.5 Å². The maximum absolute atomic E-state index is 5.34. The third-order valence-corrected chi connectivity index (χ3v) is 3.77. The molecule has 2 unspecified atom stereocenters.